The Labute approximate surface area is 178 Å². The molecule has 1 aliphatic heterocycles. The van der Waals surface area contributed by atoms with Crippen LogP contribution in [-0.2, 0) is 15.7 Å². The van der Waals surface area contributed by atoms with Crippen LogP contribution in [0.5, 0.6) is 0 Å². The van der Waals surface area contributed by atoms with Crippen molar-refractivity contribution in [2.75, 3.05) is 23.1 Å². The minimum absolute atomic E-state index is 0.0204. The van der Waals surface area contributed by atoms with Gasteiger partial charge < -0.3 is 15.8 Å². The van der Waals surface area contributed by atoms with E-state index in [1.807, 2.05) is 0 Å². The van der Waals surface area contributed by atoms with Crippen molar-refractivity contribution in [1.82, 2.24) is 5.32 Å². The third-order valence-corrected chi connectivity index (χ3v) is 5.10. The minimum Gasteiger partial charge on any atom is -0.466 e. The van der Waals surface area contributed by atoms with Crippen molar-refractivity contribution in [3.8, 4) is 0 Å². The summed E-state index contributed by atoms with van der Waals surface area (Å²) in [6, 6.07) is 9.29. The summed E-state index contributed by atoms with van der Waals surface area (Å²) in [4.78, 5) is 26.6. The highest BCUT2D eigenvalue weighted by Gasteiger charge is 2.39. The molecule has 0 spiro atoms. The number of hydrogen-bond acceptors (Lipinski definition) is 4. The van der Waals surface area contributed by atoms with E-state index >= 15 is 0 Å². The number of ether oxygens (including phenoxy) is 1. The molecule has 1 atom stereocenters. The summed E-state index contributed by atoms with van der Waals surface area (Å²) < 4.78 is 44.4. The first-order valence-corrected chi connectivity index (χ1v) is 9.80. The molecule has 0 saturated heterocycles. The molecule has 6 nitrogen and oxygen atoms in total. The first-order valence-electron chi connectivity index (χ1n) is 8.68. The number of anilines is 2. The number of nitrogens with two attached hydrogens (primary N) is 1. The zero-order chi connectivity index (χ0) is 22.1. The zero-order valence-corrected chi connectivity index (χ0v) is 17.3. The van der Waals surface area contributed by atoms with E-state index < -0.39 is 29.8 Å². The molecule has 0 aliphatic carbocycles. The van der Waals surface area contributed by atoms with Crippen LogP contribution in [0, 0.1) is 0 Å². The minimum atomic E-state index is -4.59. The first kappa shape index (κ1) is 21.7. The van der Waals surface area contributed by atoms with E-state index in [4.69, 9.17) is 10.5 Å². The van der Waals surface area contributed by atoms with Gasteiger partial charge in [0, 0.05) is 11.0 Å². The van der Waals surface area contributed by atoms with Gasteiger partial charge in [-0.1, -0.05) is 34.1 Å². The molecule has 2 aromatic carbocycles. The Kier molecular flexibility index (Phi) is 6.06. The fraction of sp³-hybridized carbons (Fsp3) is 0.200. The van der Waals surface area contributed by atoms with Crippen molar-refractivity contribution in [3.05, 3.63) is 70.9 Å². The van der Waals surface area contributed by atoms with Crippen molar-refractivity contribution >= 4 is 39.3 Å². The van der Waals surface area contributed by atoms with Crippen molar-refractivity contribution < 1.29 is 27.5 Å². The van der Waals surface area contributed by atoms with E-state index in [-0.39, 0.29) is 22.3 Å². The van der Waals surface area contributed by atoms with Crippen LogP contribution in [0.15, 0.2) is 59.8 Å². The molecule has 0 saturated carbocycles. The molecular formula is C20H17BrF3N3O3. The predicted octanol–water partition coefficient (Wildman–Crippen LogP) is 4.38. The van der Waals surface area contributed by atoms with Crippen LogP contribution in [0.3, 0.4) is 0 Å². The van der Waals surface area contributed by atoms with E-state index in [0.29, 0.717) is 11.3 Å². The van der Waals surface area contributed by atoms with Crippen molar-refractivity contribution in [2.24, 2.45) is 0 Å². The maximum Gasteiger partial charge on any atom is 0.416 e. The zero-order valence-electron chi connectivity index (χ0n) is 15.7. The number of alkyl halides is 4. The molecule has 30 heavy (non-hydrogen) atoms. The molecule has 1 aliphatic rings. The number of esters is 1. The Balaban J connectivity index is 2.18. The number of allylic oxidation sites excluding steroid dienone is 1. The summed E-state index contributed by atoms with van der Waals surface area (Å²) in [6.45, 7) is 0. The van der Waals surface area contributed by atoms with Gasteiger partial charge in [-0.05, 0) is 35.9 Å². The molecule has 0 radical (unpaired) electrons. The number of nitrogens with one attached hydrogen (secondary N) is 1. The quantitative estimate of drug-likeness (QED) is 0.384. The van der Waals surface area contributed by atoms with E-state index in [2.05, 4.69) is 21.2 Å². The Hall–Kier alpha value is -3.01. The number of rotatable bonds is 4. The second-order valence-electron chi connectivity index (χ2n) is 6.42. The Morgan fingerprint density at radius 1 is 1.23 bits per heavy atom. The van der Waals surface area contributed by atoms with Gasteiger partial charge in [-0.25, -0.2) is 9.59 Å². The second-order valence-corrected chi connectivity index (χ2v) is 6.98. The molecule has 1 heterocycles. The molecule has 2 aromatic rings. The molecule has 0 bridgehead atoms. The van der Waals surface area contributed by atoms with E-state index in [1.165, 1.54) is 19.2 Å². The van der Waals surface area contributed by atoms with Crippen molar-refractivity contribution in [2.45, 2.75) is 12.2 Å². The molecule has 158 valence electrons. The molecule has 0 unspecified atom stereocenters. The number of carbonyl (C=O) groups is 2. The maximum atomic E-state index is 13.2. The number of hydrogen-bond donors (Lipinski definition) is 2. The van der Waals surface area contributed by atoms with Crippen LogP contribution in [0.4, 0.5) is 29.3 Å². The van der Waals surface area contributed by atoms with Crippen molar-refractivity contribution in [3.63, 3.8) is 0 Å². The first-order chi connectivity index (χ1) is 14.2. The van der Waals surface area contributed by atoms with Gasteiger partial charge in [0.25, 0.3) is 0 Å². The van der Waals surface area contributed by atoms with Gasteiger partial charge in [-0.3, -0.25) is 4.90 Å². The molecule has 0 fully saturated rings. The predicted molar refractivity (Wildman–Crippen MR) is 109 cm³/mol. The maximum absolute atomic E-state index is 13.2. The van der Waals surface area contributed by atoms with Gasteiger partial charge >= 0.3 is 18.2 Å². The van der Waals surface area contributed by atoms with Gasteiger partial charge in [-0.2, -0.15) is 13.2 Å². The van der Waals surface area contributed by atoms with Gasteiger partial charge in [0.05, 0.1) is 35.7 Å². The summed E-state index contributed by atoms with van der Waals surface area (Å²) in [6.07, 6.45) is -4.59. The highest BCUT2D eigenvalue weighted by molar-refractivity contribution is 9.09. The SMILES string of the molecule is COC(=O)C1=C(CBr)N(c2cccc(C(F)(F)F)c2)C(=O)N[C@@H]1c1ccc(N)cc1. The number of amides is 2. The Morgan fingerprint density at radius 2 is 1.90 bits per heavy atom. The van der Waals surface area contributed by atoms with Gasteiger partial charge in [0.15, 0.2) is 0 Å². The van der Waals surface area contributed by atoms with Gasteiger partial charge in [-0.15, -0.1) is 0 Å². The topological polar surface area (TPSA) is 84.7 Å². The number of methoxy groups -OCH3 is 1. The summed E-state index contributed by atoms with van der Waals surface area (Å²) >= 11 is 3.25. The van der Waals surface area contributed by atoms with Crippen LogP contribution in [-0.4, -0.2) is 24.4 Å². The third kappa shape index (κ3) is 4.13. The van der Waals surface area contributed by atoms with Crippen LogP contribution >= 0.6 is 15.9 Å². The van der Waals surface area contributed by atoms with Crippen molar-refractivity contribution in [1.29, 1.82) is 0 Å². The molecule has 2 amide bonds. The lowest BCUT2D eigenvalue weighted by Crippen LogP contribution is -2.49. The largest absolute Gasteiger partial charge is 0.466 e. The number of halogens is 4. The number of nitrogen functional groups attached to an aromatic ring is 1. The monoisotopic (exact) mass is 483 g/mol. The summed E-state index contributed by atoms with van der Waals surface area (Å²) in [5.41, 5.74) is 6.09. The highest BCUT2D eigenvalue weighted by atomic mass is 79.9. The molecule has 10 heteroatoms. The van der Waals surface area contributed by atoms with Gasteiger partial charge in [0.1, 0.15) is 0 Å². The Bertz CT molecular complexity index is 1010. The number of urea groups is 1. The van der Waals surface area contributed by atoms with Crippen LogP contribution in [0.2, 0.25) is 0 Å². The fourth-order valence-electron chi connectivity index (χ4n) is 3.18. The lowest BCUT2D eigenvalue weighted by Gasteiger charge is -2.36. The van der Waals surface area contributed by atoms with Crippen LogP contribution in [0.1, 0.15) is 17.2 Å². The highest BCUT2D eigenvalue weighted by Crippen LogP contribution is 2.37. The standard InChI is InChI=1S/C20H17BrF3N3O3/c1-30-18(28)16-15(10-21)27(14-4-2-3-12(9-14)20(22,23)24)19(29)26-17(16)11-5-7-13(25)8-6-11/h2-9,17H,10,25H2,1H3,(H,26,29)/t17-/m1/s1. The average molecular weight is 484 g/mol. The summed E-state index contributed by atoms with van der Waals surface area (Å²) in [5.74, 6) is -0.719. The molecule has 3 N–H and O–H groups in total. The number of benzene rings is 2. The smallest absolute Gasteiger partial charge is 0.416 e. The molecule has 3 rings (SSSR count). The lowest BCUT2D eigenvalue weighted by molar-refractivity contribution is -0.138. The fourth-order valence-corrected chi connectivity index (χ4v) is 3.73. The number of nitrogens with zero attached hydrogens (tertiary/aromatic N) is 1. The average Bonchev–Trinajstić information content (AvgIpc) is 2.72. The van der Waals surface area contributed by atoms with E-state index in [0.717, 1.165) is 17.0 Å². The van der Waals surface area contributed by atoms with Crippen LogP contribution < -0.4 is 16.0 Å². The second kappa shape index (κ2) is 8.39. The lowest BCUT2D eigenvalue weighted by atomic mass is 9.94. The van der Waals surface area contributed by atoms with Crippen LogP contribution in [0.25, 0.3) is 0 Å². The third-order valence-electron chi connectivity index (χ3n) is 4.57. The molecular weight excluding hydrogens is 467 g/mol. The van der Waals surface area contributed by atoms with Gasteiger partial charge in [0.2, 0.25) is 0 Å². The molecule has 0 aromatic heterocycles. The normalized spacial score (nSPS) is 17.0. The van der Waals surface area contributed by atoms with E-state index in [1.54, 1.807) is 24.3 Å². The summed E-state index contributed by atoms with van der Waals surface area (Å²) in [5, 5.41) is 2.69. The summed E-state index contributed by atoms with van der Waals surface area (Å²) in [7, 11) is 1.19. The number of carbonyl (C=O) groups excluding carboxylic acids is 2. The Morgan fingerprint density at radius 3 is 2.47 bits per heavy atom. The van der Waals surface area contributed by atoms with E-state index in [9.17, 15) is 22.8 Å².